The minimum atomic E-state index is -0.0636. The van der Waals surface area contributed by atoms with E-state index in [0.717, 1.165) is 70.9 Å². The van der Waals surface area contributed by atoms with Crippen LogP contribution >= 0.6 is 0 Å². The van der Waals surface area contributed by atoms with Crippen LogP contribution in [0.25, 0.3) is 0 Å². The van der Waals surface area contributed by atoms with Gasteiger partial charge in [0.1, 0.15) is 6.04 Å². The molecule has 7 heteroatoms. The van der Waals surface area contributed by atoms with Crippen LogP contribution in [-0.2, 0) is 9.53 Å². The van der Waals surface area contributed by atoms with Gasteiger partial charge in [-0.1, -0.05) is 0 Å². The second kappa shape index (κ2) is 7.27. The topological polar surface area (TPSA) is 69.7 Å². The zero-order chi connectivity index (χ0) is 17.1. The van der Waals surface area contributed by atoms with E-state index in [4.69, 9.17) is 4.74 Å². The fraction of sp³-hybridized carbons (Fsp3) is 0.667. The monoisotopic (exact) mass is 345 g/mol. The quantitative estimate of drug-likeness (QED) is 0.808. The van der Waals surface area contributed by atoms with E-state index in [-0.39, 0.29) is 17.4 Å². The Morgan fingerprint density at radius 1 is 1.32 bits per heavy atom. The molecule has 7 nitrogen and oxygen atoms in total. The van der Waals surface area contributed by atoms with Crippen molar-refractivity contribution in [2.75, 3.05) is 50.8 Å². The molecule has 0 radical (unpaired) electrons. The summed E-state index contributed by atoms with van der Waals surface area (Å²) in [6.07, 6.45) is 6.60. The molecule has 0 bridgehead atoms. The molecule has 3 aliphatic heterocycles. The van der Waals surface area contributed by atoms with E-state index in [1.807, 2.05) is 23.4 Å². The summed E-state index contributed by atoms with van der Waals surface area (Å²) in [5, 5.41) is 0. The van der Waals surface area contributed by atoms with Crippen molar-refractivity contribution < 1.29 is 9.53 Å². The summed E-state index contributed by atoms with van der Waals surface area (Å²) in [5.41, 5.74) is 7.42. The van der Waals surface area contributed by atoms with Crippen LogP contribution in [0.15, 0.2) is 24.5 Å². The van der Waals surface area contributed by atoms with Crippen molar-refractivity contribution in [2.24, 2.45) is 5.41 Å². The van der Waals surface area contributed by atoms with E-state index in [0.29, 0.717) is 0 Å². The summed E-state index contributed by atoms with van der Waals surface area (Å²) in [6.45, 7) is 5.91. The predicted octanol–water partition coefficient (Wildman–Crippen LogP) is 0.394. The molecule has 3 saturated heterocycles. The zero-order valence-electron chi connectivity index (χ0n) is 14.6. The fourth-order valence-electron chi connectivity index (χ4n) is 4.15. The van der Waals surface area contributed by atoms with E-state index < -0.39 is 0 Å². The maximum Gasteiger partial charge on any atom is 0.241 e. The van der Waals surface area contributed by atoms with Gasteiger partial charge in [-0.25, -0.2) is 5.43 Å². The third-order valence-electron chi connectivity index (χ3n) is 5.72. The molecule has 1 unspecified atom stereocenters. The van der Waals surface area contributed by atoms with Gasteiger partial charge in [0.25, 0.3) is 0 Å². The number of likely N-dealkylation sites (tertiary alicyclic amines) is 1. The second-order valence-electron chi connectivity index (χ2n) is 7.42. The Morgan fingerprint density at radius 2 is 2.20 bits per heavy atom. The van der Waals surface area contributed by atoms with Gasteiger partial charge in [-0.05, 0) is 31.4 Å². The smallest absolute Gasteiger partial charge is 0.241 e. The molecule has 3 fully saturated rings. The first-order chi connectivity index (χ1) is 12.3. The highest BCUT2D eigenvalue weighted by Gasteiger charge is 2.40. The average Bonchev–Trinajstić information content (AvgIpc) is 3.12. The second-order valence-corrected chi connectivity index (χ2v) is 7.42. The SMILES string of the molecule is O=C(C1CCNN1)N1CCC2(CC1)COCCN(c1cccnc1)C2. The van der Waals surface area contributed by atoms with Crippen LogP contribution < -0.4 is 15.8 Å². The fourth-order valence-corrected chi connectivity index (χ4v) is 4.15. The molecule has 4 heterocycles. The van der Waals surface area contributed by atoms with Crippen molar-refractivity contribution in [2.45, 2.75) is 25.3 Å². The van der Waals surface area contributed by atoms with Gasteiger partial charge in [0, 0.05) is 44.3 Å². The molecular formula is C18H27N5O2. The number of hydrogen-bond acceptors (Lipinski definition) is 6. The summed E-state index contributed by atoms with van der Waals surface area (Å²) >= 11 is 0. The number of pyridine rings is 1. The molecule has 25 heavy (non-hydrogen) atoms. The van der Waals surface area contributed by atoms with Gasteiger partial charge in [-0.15, -0.1) is 0 Å². The third kappa shape index (κ3) is 3.63. The Labute approximate surface area is 148 Å². The first-order valence-corrected chi connectivity index (χ1v) is 9.26. The highest BCUT2D eigenvalue weighted by atomic mass is 16.5. The number of nitrogens with one attached hydrogen (secondary N) is 2. The number of amides is 1. The number of carbonyl (C=O) groups excluding carboxylic acids is 1. The number of carbonyl (C=O) groups is 1. The van der Waals surface area contributed by atoms with Crippen LogP contribution in [0.2, 0.25) is 0 Å². The molecular weight excluding hydrogens is 318 g/mol. The average molecular weight is 345 g/mol. The van der Waals surface area contributed by atoms with Crippen LogP contribution in [0.5, 0.6) is 0 Å². The first kappa shape index (κ1) is 16.8. The number of hydrazine groups is 1. The van der Waals surface area contributed by atoms with Gasteiger partial charge < -0.3 is 14.5 Å². The van der Waals surface area contributed by atoms with Crippen molar-refractivity contribution in [3.05, 3.63) is 24.5 Å². The van der Waals surface area contributed by atoms with Crippen molar-refractivity contribution >= 4 is 11.6 Å². The lowest BCUT2D eigenvalue weighted by Crippen LogP contribution is -2.53. The summed E-state index contributed by atoms with van der Waals surface area (Å²) < 4.78 is 5.95. The van der Waals surface area contributed by atoms with E-state index in [2.05, 4.69) is 26.8 Å². The molecule has 136 valence electrons. The van der Waals surface area contributed by atoms with Crippen LogP contribution in [0.1, 0.15) is 19.3 Å². The Morgan fingerprint density at radius 3 is 2.92 bits per heavy atom. The number of piperidine rings is 1. The number of anilines is 1. The number of ether oxygens (including phenoxy) is 1. The van der Waals surface area contributed by atoms with Gasteiger partial charge >= 0.3 is 0 Å². The summed E-state index contributed by atoms with van der Waals surface area (Å²) in [5.74, 6) is 0.235. The van der Waals surface area contributed by atoms with Crippen molar-refractivity contribution in [3.63, 3.8) is 0 Å². The summed E-state index contributed by atoms with van der Waals surface area (Å²) in [6, 6.07) is 4.03. The summed E-state index contributed by atoms with van der Waals surface area (Å²) in [4.78, 5) is 21.3. The van der Waals surface area contributed by atoms with Crippen molar-refractivity contribution in [1.29, 1.82) is 0 Å². The Kier molecular flexibility index (Phi) is 4.87. The van der Waals surface area contributed by atoms with E-state index in [1.165, 1.54) is 0 Å². The first-order valence-electron chi connectivity index (χ1n) is 9.26. The summed E-state index contributed by atoms with van der Waals surface area (Å²) in [7, 11) is 0. The Balaban J connectivity index is 1.41. The van der Waals surface area contributed by atoms with Gasteiger partial charge in [0.05, 0.1) is 25.1 Å². The van der Waals surface area contributed by atoms with Gasteiger partial charge in [0.2, 0.25) is 5.91 Å². The third-order valence-corrected chi connectivity index (χ3v) is 5.72. The van der Waals surface area contributed by atoms with Crippen LogP contribution in [-0.4, -0.2) is 67.8 Å². The molecule has 1 aromatic rings. The lowest BCUT2D eigenvalue weighted by molar-refractivity contribution is -0.136. The number of hydrogen-bond donors (Lipinski definition) is 2. The number of nitrogens with zero attached hydrogens (tertiary/aromatic N) is 3. The lowest BCUT2D eigenvalue weighted by atomic mass is 9.78. The molecule has 2 N–H and O–H groups in total. The highest BCUT2D eigenvalue weighted by Crippen LogP contribution is 2.35. The standard InChI is InChI=1S/C18H27N5O2/c24-17(16-3-7-20-21-16)22-8-4-18(5-9-22)13-23(10-11-25-14-18)15-2-1-6-19-12-15/h1-2,6,12,16,20-21H,3-5,7-11,13-14H2. The van der Waals surface area contributed by atoms with E-state index in [1.54, 1.807) is 0 Å². The molecule has 4 rings (SSSR count). The Hall–Kier alpha value is -1.70. The Bertz CT molecular complexity index is 582. The molecule has 1 atom stereocenters. The van der Waals surface area contributed by atoms with Gasteiger partial charge in [-0.3, -0.25) is 15.2 Å². The lowest BCUT2D eigenvalue weighted by Gasteiger charge is -2.43. The normalized spacial score (nSPS) is 26.6. The number of rotatable bonds is 2. The molecule has 1 aromatic heterocycles. The molecule has 0 aromatic carbocycles. The number of aromatic nitrogens is 1. The van der Waals surface area contributed by atoms with Crippen molar-refractivity contribution in [1.82, 2.24) is 20.7 Å². The molecule has 1 amide bonds. The predicted molar refractivity (Wildman–Crippen MR) is 95.1 cm³/mol. The molecule has 0 aliphatic carbocycles. The van der Waals surface area contributed by atoms with Gasteiger partial charge in [-0.2, -0.15) is 0 Å². The zero-order valence-corrected chi connectivity index (χ0v) is 14.6. The largest absolute Gasteiger partial charge is 0.379 e. The minimum Gasteiger partial charge on any atom is -0.379 e. The van der Waals surface area contributed by atoms with E-state index >= 15 is 0 Å². The van der Waals surface area contributed by atoms with Crippen molar-refractivity contribution in [3.8, 4) is 0 Å². The minimum absolute atomic E-state index is 0.0636. The van der Waals surface area contributed by atoms with E-state index in [9.17, 15) is 4.79 Å². The van der Waals surface area contributed by atoms with Crippen LogP contribution in [0.4, 0.5) is 5.69 Å². The molecule has 0 saturated carbocycles. The maximum absolute atomic E-state index is 12.6. The van der Waals surface area contributed by atoms with Gasteiger partial charge in [0.15, 0.2) is 0 Å². The maximum atomic E-state index is 12.6. The molecule has 1 spiro atoms. The van der Waals surface area contributed by atoms with Crippen LogP contribution in [0, 0.1) is 5.41 Å². The molecule has 3 aliphatic rings. The van der Waals surface area contributed by atoms with Crippen LogP contribution in [0.3, 0.4) is 0 Å². The highest BCUT2D eigenvalue weighted by molar-refractivity contribution is 5.82.